The number of nitriles is 1. The van der Waals surface area contributed by atoms with Crippen LogP contribution in [0.5, 0.6) is 0 Å². The second-order valence-electron chi connectivity index (χ2n) is 2.20. The number of rotatable bonds is 5. The Bertz CT molecular complexity index is 276. The lowest BCUT2D eigenvalue weighted by molar-refractivity contribution is 0.451. The zero-order valence-electron chi connectivity index (χ0n) is 7.02. The van der Waals surface area contributed by atoms with Crippen molar-refractivity contribution in [2.75, 3.05) is 13.1 Å². The van der Waals surface area contributed by atoms with Gasteiger partial charge in [-0.2, -0.15) is 9.57 Å². The SMILES string of the molecule is C=CS(=O)(=O)N(CC#N)CCC. The molecule has 12 heavy (non-hydrogen) atoms. The second-order valence-corrected chi connectivity index (χ2v) is 4.08. The first-order valence-electron chi connectivity index (χ1n) is 3.58. The van der Waals surface area contributed by atoms with Gasteiger partial charge < -0.3 is 0 Å². The maximum Gasteiger partial charge on any atom is 0.236 e. The molecule has 0 fully saturated rings. The molecule has 0 aliphatic carbocycles. The fraction of sp³-hybridized carbons (Fsp3) is 0.571. The molecule has 0 aliphatic heterocycles. The highest BCUT2D eigenvalue weighted by atomic mass is 32.2. The van der Waals surface area contributed by atoms with Crippen LogP contribution >= 0.6 is 0 Å². The van der Waals surface area contributed by atoms with Crippen molar-refractivity contribution in [1.29, 1.82) is 5.26 Å². The van der Waals surface area contributed by atoms with Crippen LogP contribution in [0.3, 0.4) is 0 Å². The van der Waals surface area contributed by atoms with Crippen LogP contribution in [0.2, 0.25) is 0 Å². The van der Waals surface area contributed by atoms with Crippen LogP contribution in [0.25, 0.3) is 0 Å². The van der Waals surface area contributed by atoms with Gasteiger partial charge in [-0.1, -0.05) is 13.5 Å². The predicted molar refractivity (Wildman–Crippen MR) is 46.6 cm³/mol. The summed E-state index contributed by atoms with van der Waals surface area (Å²) in [4.78, 5) is 0. The molecule has 0 atom stereocenters. The van der Waals surface area contributed by atoms with Gasteiger partial charge >= 0.3 is 0 Å². The summed E-state index contributed by atoms with van der Waals surface area (Å²) >= 11 is 0. The number of hydrogen-bond donors (Lipinski definition) is 0. The fourth-order valence-corrected chi connectivity index (χ4v) is 1.62. The third-order valence-corrected chi connectivity index (χ3v) is 2.74. The van der Waals surface area contributed by atoms with Crippen LogP contribution < -0.4 is 0 Å². The lowest BCUT2D eigenvalue weighted by Gasteiger charge is -2.14. The minimum atomic E-state index is -3.41. The van der Waals surface area contributed by atoms with Gasteiger partial charge in [0.25, 0.3) is 0 Å². The number of nitrogens with zero attached hydrogens (tertiary/aromatic N) is 2. The molecule has 0 saturated carbocycles. The Morgan fingerprint density at radius 2 is 2.25 bits per heavy atom. The Morgan fingerprint density at radius 3 is 2.58 bits per heavy atom. The predicted octanol–water partition coefficient (Wildman–Crippen LogP) is 0.695. The quantitative estimate of drug-likeness (QED) is 0.596. The van der Waals surface area contributed by atoms with Crippen molar-refractivity contribution in [2.45, 2.75) is 13.3 Å². The van der Waals surface area contributed by atoms with Crippen molar-refractivity contribution in [3.63, 3.8) is 0 Å². The minimum absolute atomic E-state index is 0.109. The van der Waals surface area contributed by atoms with Gasteiger partial charge in [0, 0.05) is 12.0 Å². The fourth-order valence-electron chi connectivity index (χ4n) is 0.730. The summed E-state index contributed by atoms with van der Waals surface area (Å²) in [6, 6.07) is 1.79. The summed E-state index contributed by atoms with van der Waals surface area (Å²) < 4.78 is 23.4. The lowest BCUT2D eigenvalue weighted by atomic mass is 10.5. The number of hydrogen-bond acceptors (Lipinski definition) is 3. The molecule has 0 radical (unpaired) electrons. The molecule has 0 saturated heterocycles. The van der Waals surface area contributed by atoms with E-state index in [1.165, 1.54) is 0 Å². The summed E-state index contributed by atoms with van der Waals surface area (Å²) in [5.41, 5.74) is 0. The Hall–Kier alpha value is -0.860. The Kier molecular flexibility index (Phi) is 4.55. The molecule has 0 bridgehead atoms. The zero-order valence-corrected chi connectivity index (χ0v) is 7.84. The molecule has 0 N–H and O–H groups in total. The lowest BCUT2D eigenvalue weighted by Crippen LogP contribution is -2.30. The Balaban J connectivity index is 4.52. The maximum absolute atomic E-state index is 11.1. The second kappa shape index (κ2) is 4.91. The normalized spacial score (nSPS) is 11.1. The summed E-state index contributed by atoms with van der Waals surface area (Å²) in [6.45, 7) is 5.28. The largest absolute Gasteiger partial charge is 0.236 e. The van der Waals surface area contributed by atoms with E-state index in [9.17, 15) is 8.42 Å². The summed E-state index contributed by atoms with van der Waals surface area (Å²) in [6.07, 6.45) is 0.689. The topological polar surface area (TPSA) is 61.2 Å². The van der Waals surface area contributed by atoms with E-state index in [0.717, 1.165) is 9.71 Å². The Labute approximate surface area is 73.2 Å². The smallest absolute Gasteiger partial charge is 0.207 e. The van der Waals surface area contributed by atoms with Gasteiger partial charge in [0.15, 0.2) is 0 Å². The van der Waals surface area contributed by atoms with Crippen molar-refractivity contribution in [2.24, 2.45) is 0 Å². The molecule has 4 nitrogen and oxygen atoms in total. The number of sulfonamides is 1. The molecule has 0 aliphatic rings. The van der Waals surface area contributed by atoms with Crippen molar-refractivity contribution in [1.82, 2.24) is 4.31 Å². The molecular formula is C7H12N2O2S. The van der Waals surface area contributed by atoms with E-state index in [4.69, 9.17) is 5.26 Å². The van der Waals surface area contributed by atoms with Gasteiger partial charge in [-0.05, 0) is 6.42 Å². The van der Waals surface area contributed by atoms with Gasteiger partial charge in [0.1, 0.15) is 6.54 Å². The summed E-state index contributed by atoms with van der Waals surface area (Å²) in [5.74, 6) is 0. The molecule has 0 aromatic rings. The van der Waals surface area contributed by atoms with E-state index in [1.54, 1.807) is 6.07 Å². The molecule has 0 aromatic heterocycles. The van der Waals surface area contributed by atoms with Gasteiger partial charge in [-0.3, -0.25) is 0 Å². The molecule has 0 heterocycles. The van der Waals surface area contributed by atoms with Crippen molar-refractivity contribution < 1.29 is 8.42 Å². The molecule has 5 heteroatoms. The molecule has 0 amide bonds. The van der Waals surface area contributed by atoms with Gasteiger partial charge in [0.2, 0.25) is 10.0 Å². The Morgan fingerprint density at radius 1 is 1.67 bits per heavy atom. The summed E-state index contributed by atoms with van der Waals surface area (Å²) in [7, 11) is -3.41. The highest BCUT2D eigenvalue weighted by Crippen LogP contribution is 2.02. The summed E-state index contributed by atoms with van der Waals surface area (Å²) in [5, 5.41) is 9.19. The first-order valence-corrected chi connectivity index (χ1v) is 5.08. The van der Waals surface area contributed by atoms with Gasteiger partial charge in [-0.15, -0.1) is 0 Å². The first-order chi connectivity index (χ1) is 5.58. The highest BCUT2D eigenvalue weighted by Gasteiger charge is 2.16. The van der Waals surface area contributed by atoms with Gasteiger partial charge in [-0.25, -0.2) is 8.42 Å². The zero-order chi connectivity index (χ0) is 9.61. The average molecular weight is 188 g/mol. The van der Waals surface area contributed by atoms with E-state index in [2.05, 4.69) is 6.58 Å². The van der Waals surface area contributed by atoms with Crippen LogP contribution in [-0.2, 0) is 10.0 Å². The third-order valence-electron chi connectivity index (χ3n) is 1.29. The van der Waals surface area contributed by atoms with E-state index in [-0.39, 0.29) is 6.54 Å². The van der Waals surface area contributed by atoms with Crippen molar-refractivity contribution in [3.8, 4) is 6.07 Å². The van der Waals surface area contributed by atoms with E-state index in [0.29, 0.717) is 13.0 Å². The standard InChI is InChI=1S/C7H12N2O2S/c1-3-6-9(7-5-8)12(10,11)4-2/h4H,2-3,6-7H2,1H3. The van der Waals surface area contributed by atoms with E-state index >= 15 is 0 Å². The minimum Gasteiger partial charge on any atom is -0.207 e. The monoisotopic (exact) mass is 188 g/mol. The molecule has 0 unspecified atom stereocenters. The molecule has 68 valence electrons. The molecule has 0 aromatic carbocycles. The molecular weight excluding hydrogens is 176 g/mol. The van der Waals surface area contributed by atoms with Crippen molar-refractivity contribution >= 4 is 10.0 Å². The van der Waals surface area contributed by atoms with Gasteiger partial charge in [0.05, 0.1) is 6.07 Å². The molecule has 0 rings (SSSR count). The van der Waals surface area contributed by atoms with Crippen LogP contribution in [0.1, 0.15) is 13.3 Å². The van der Waals surface area contributed by atoms with Crippen molar-refractivity contribution in [3.05, 3.63) is 12.0 Å². The van der Waals surface area contributed by atoms with Crippen LogP contribution in [0, 0.1) is 11.3 Å². The van der Waals surface area contributed by atoms with Crippen LogP contribution in [0.4, 0.5) is 0 Å². The van der Waals surface area contributed by atoms with Crippen LogP contribution in [0.15, 0.2) is 12.0 Å². The van der Waals surface area contributed by atoms with E-state index < -0.39 is 10.0 Å². The van der Waals surface area contributed by atoms with Crippen LogP contribution in [-0.4, -0.2) is 25.8 Å². The molecule has 0 spiro atoms. The highest BCUT2D eigenvalue weighted by molar-refractivity contribution is 7.92. The van der Waals surface area contributed by atoms with E-state index in [1.807, 2.05) is 6.92 Å². The average Bonchev–Trinajstić information content (AvgIpc) is 2.04. The first kappa shape index (κ1) is 11.1. The third kappa shape index (κ3) is 3.03. The maximum atomic E-state index is 11.1.